The van der Waals surface area contributed by atoms with Gasteiger partial charge in [0.05, 0.1) is 6.61 Å². The maximum absolute atomic E-state index is 12.3. The lowest BCUT2D eigenvalue weighted by molar-refractivity contribution is -0.136. The molecule has 126 valence electrons. The molecule has 0 aliphatic carbocycles. The molecule has 0 fully saturated rings. The SMILES string of the molecule is CCOc1ccc(C(=O)C[C@H](Sc2ccc(Cl)cc2)C(=O)O)cc1. The van der Waals surface area contributed by atoms with Crippen molar-refractivity contribution in [1.29, 1.82) is 0 Å². The summed E-state index contributed by atoms with van der Waals surface area (Å²) in [5.74, 6) is -0.555. The summed E-state index contributed by atoms with van der Waals surface area (Å²) in [5, 5.41) is 9.10. The highest BCUT2D eigenvalue weighted by molar-refractivity contribution is 8.00. The van der Waals surface area contributed by atoms with Gasteiger partial charge in [0.1, 0.15) is 11.0 Å². The van der Waals surface area contributed by atoms with Crippen molar-refractivity contribution in [3.8, 4) is 5.75 Å². The van der Waals surface area contributed by atoms with Gasteiger partial charge in [-0.3, -0.25) is 9.59 Å². The van der Waals surface area contributed by atoms with Crippen molar-refractivity contribution in [2.45, 2.75) is 23.5 Å². The number of carboxylic acids is 1. The van der Waals surface area contributed by atoms with Gasteiger partial charge in [-0.05, 0) is 55.5 Å². The molecule has 0 radical (unpaired) electrons. The molecule has 0 saturated carbocycles. The van der Waals surface area contributed by atoms with E-state index in [-0.39, 0.29) is 12.2 Å². The van der Waals surface area contributed by atoms with Crippen LogP contribution in [-0.2, 0) is 4.79 Å². The van der Waals surface area contributed by atoms with Gasteiger partial charge in [0, 0.05) is 21.9 Å². The summed E-state index contributed by atoms with van der Waals surface area (Å²) in [5.41, 5.74) is 0.474. The molecule has 6 heteroatoms. The van der Waals surface area contributed by atoms with Crippen LogP contribution in [0.15, 0.2) is 53.4 Å². The number of halogens is 1. The average molecular weight is 365 g/mol. The second-order valence-corrected chi connectivity index (χ2v) is 6.70. The monoisotopic (exact) mass is 364 g/mol. The van der Waals surface area contributed by atoms with Gasteiger partial charge in [-0.25, -0.2) is 0 Å². The zero-order chi connectivity index (χ0) is 17.5. The Labute approximate surface area is 149 Å². The van der Waals surface area contributed by atoms with Crippen LogP contribution in [0.2, 0.25) is 5.02 Å². The molecule has 2 rings (SSSR count). The van der Waals surface area contributed by atoms with E-state index in [1.165, 1.54) is 0 Å². The van der Waals surface area contributed by atoms with Gasteiger partial charge in [-0.15, -0.1) is 11.8 Å². The smallest absolute Gasteiger partial charge is 0.317 e. The Morgan fingerprint density at radius 1 is 1.12 bits per heavy atom. The number of hydrogen-bond donors (Lipinski definition) is 1. The van der Waals surface area contributed by atoms with Crippen LogP contribution < -0.4 is 4.74 Å². The first-order valence-corrected chi connectivity index (χ1v) is 8.66. The molecule has 0 heterocycles. The van der Waals surface area contributed by atoms with E-state index in [9.17, 15) is 14.7 Å². The van der Waals surface area contributed by atoms with E-state index in [2.05, 4.69) is 0 Å². The van der Waals surface area contributed by atoms with Crippen LogP contribution in [0.3, 0.4) is 0 Å². The first-order chi connectivity index (χ1) is 11.5. The number of hydrogen-bond acceptors (Lipinski definition) is 4. The molecule has 0 aliphatic rings. The zero-order valence-corrected chi connectivity index (χ0v) is 14.6. The summed E-state index contributed by atoms with van der Waals surface area (Å²) in [7, 11) is 0. The van der Waals surface area contributed by atoms with Gasteiger partial charge in [0.25, 0.3) is 0 Å². The van der Waals surface area contributed by atoms with E-state index >= 15 is 0 Å². The molecule has 0 spiro atoms. The van der Waals surface area contributed by atoms with Gasteiger partial charge in [-0.2, -0.15) is 0 Å². The predicted octanol–water partition coefficient (Wildman–Crippen LogP) is 4.56. The number of rotatable bonds is 8. The van der Waals surface area contributed by atoms with Crippen molar-refractivity contribution in [2.75, 3.05) is 6.61 Å². The standard InChI is InChI=1S/C18H17ClO4S/c1-2-23-14-7-3-12(4-8-14)16(20)11-17(18(21)22)24-15-9-5-13(19)6-10-15/h3-10,17H,2,11H2,1H3,(H,21,22)/t17-/m0/s1. The third-order valence-corrected chi connectivity index (χ3v) is 4.67. The van der Waals surface area contributed by atoms with Crippen LogP contribution in [0.5, 0.6) is 5.75 Å². The van der Waals surface area contributed by atoms with Crippen LogP contribution in [0.1, 0.15) is 23.7 Å². The summed E-state index contributed by atoms with van der Waals surface area (Å²) in [6.07, 6.45) is -0.0867. The highest BCUT2D eigenvalue weighted by atomic mass is 35.5. The van der Waals surface area contributed by atoms with Crippen molar-refractivity contribution in [3.05, 3.63) is 59.1 Å². The third kappa shape index (κ3) is 5.28. The van der Waals surface area contributed by atoms with Gasteiger partial charge in [0.2, 0.25) is 0 Å². The summed E-state index contributed by atoms with van der Waals surface area (Å²) in [6, 6.07) is 13.6. The van der Waals surface area contributed by atoms with Gasteiger partial charge < -0.3 is 9.84 Å². The summed E-state index contributed by atoms with van der Waals surface area (Å²) in [6.45, 7) is 2.43. The fourth-order valence-electron chi connectivity index (χ4n) is 2.05. The molecule has 0 unspecified atom stereocenters. The number of ketones is 1. The Morgan fingerprint density at radius 2 is 1.75 bits per heavy atom. The predicted molar refractivity (Wildman–Crippen MR) is 95.3 cm³/mol. The van der Waals surface area contributed by atoms with Crippen LogP contribution >= 0.6 is 23.4 Å². The topological polar surface area (TPSA) is 63.6 Å². The molecule has 0 aromatic heterocycles. The minimum absolute atomic E-state index is 0.0867. The van der Waals surface area contributed by atoms with E-state index in [0.717, 1.165) is 16.7 Å². The lowest BCUT2D eigenvalue weighted by atomic mass is 10.1. The molecule has 0 bridgehead atoms. The number of aliphatic carboxylic acids is 1. The molecule has 2 aromatic rings. The van der Waals surface area contributed by atoms with Crippen molar-refractivity contribution in [1.82, 2.24) is 0 Å². The molecule has 4 nitrogen and oxygen atoms in total. The Morgan fingerprint density at radius 3 is 2.29 bits per heavy atom. The van der Waals surface area contributed by atoms with Crippen LogP contribution in [0, 0.1) is 0 Å². The van der Waals surface area contributed by atoms with Crippen molar-refractivity contribution >= 4 is 35.1 Å². The van der Waals surface area contributed by atoms with E-state index < -0.39 is 11.2 Å². The molecule has 0 saturated heterocycles. The molecule has 24 heavy (non-hydrogen) atoms. The number of ether oxygens (including phenoxy) is 1. The highest BCUT2D eigenvalue weighted by Crippen LogP contribution is 2.28. The van der Waals surface area contributed by atoms with Gasteiger partial charge in [0.15, 0.2) is 5.78 Å². The fraction of sp³-hybridized carbons (Fsp3) is 0.222. The Kier molecular flexibility index (Phi) is 6.70. The maximum Gasteiger partial charge on any atom is 0.317 e. The molecule has 2 aromatic carbocycles. The average Bonchev–Trinajstić information content (AvgIpc) is 2.57. The second-order valence-electron chi connectivity index (χ2n) is 4.98. The molecular formula is C18H17ClO4S. The van der Waals surface area contributed by atoms with Crippen molar-refractivity contribution < 1.29 is 19.4 Å². The minimum Gasteiger partial charge on any atom is -0.494 e. The third-order valence-electron chi connectivity index (χ3n) is 3.23. The van der Waals surface area contributed by atoms with Crippen LogP contribution in [-0.4, -0.2) is 28.7 Å². The number of benzene rings is 2. The van der Waals surface area contributed by atoms with Crippen LogP contribution in [0.25, 0.3) is 0 Å². The zero-order valence-electron chi connectivity index (χ0n) is 13.1. The number of thioether (sulfide) groups is 1. The Hall–Kier alpha value is -1.98. The van der Waals surface area contributed by atoms with E-state index in [4.69, 9.17) is 16.3 Å². The normalized spacial score (nSPS) is 11.8. The van der Waals surface area contributed by atoms with Crippen LogP contribution in [0.4, 0.5) is 0 Å². The molecule has 0 aliphatic heterocycles. The maximum atomic E-state index is 12.3. The Balaban J connectivity index is 2.05. The van der Waals surface area contributed by atoms with Gasteiger partial charge in [-0.1, -0.05) is 11.6 Å². The number of carbonyl (C=O) groups excluding carboxylic acids is 1. The lowest BCUT2D eigenvalue weighted by Crippen LogP contribution is -2.20. The number of Topliss-reactive ketones (excluding diaryl/α,β-unsaturated/α-hetero) is 1. The highest BCUT2D eigenvalue weighted by Gasteiger charge is 2.23. The number of carbonyl (C=O) groups is 2. The number of carboxylic acid groups (broad SMARTS) is 1. The fourth-order valence-corrected chi connectivity index (χ4v) is 3.13. The molecule has 1 N–H and O–H groups in total. The largest absolute Gasteiger partial charge is 0.494 e. The summed E-state index contributed by atoms with van der Waals surface area (Å²) in [4.78, 5) is 24.5. The molecule has 1 atom stereocenters. The Bertz CT molecular complexity index is 698. The quantitative estimate of drug-likeness (QED) is 0.549. The van der Waals surface area contributed by atoms with Crippen molar-refractivity contribution in [2.24, 2.45) is 0 Å². The van der Waals surface area contributed by atoms with Gasteiger partial charge >= 0.3 is 5.97 Å². The molecule has 0 amide bonds. The van der Waals surface area contributed by atoms with E-state index in [1.54, 1.807) is 48.5 Å². The second kappa shape index (κ2) is 8.76. The van der Waals surface area contributed by atoms with E-state index in [0.29, 0.717) is 22.9 Å². The van der Waals surface area contributed by atoms with E-state index in [1.807, 2.05) is 6.92 Å². The first-order valence-electron chi connectivity index (χ1n) is 7.40. The first kappa shape index (κ1) is 18.4. The minimum atomic E-state index is -1.02. The van der Waals surface area contributed by atoms with Crippen molar-refractivity contribution in [3.63, 3.8) is 0 Å². The summed E-state index contributed by atoms with van der Waals surface area (Å²) < 4.78 is 5.33. The molecular weight excluding hydrogens is 348 g/mol. The lowest BCUT2D eigenvalue weighted by Gasteiger charge is -2.12. The summed E-state index contributed by atoms with van der Waals surface area (Å²) >= 11 is 6.96.